The SMILES string of the molecule is CCCc1nc(COc2cc(F)ccc2C(C)=O)cs1. The van der Waals surface area contributed by atoms with Crippen molar-refractivity contribution in [3.63, 3.8) is 0 Å². The third-order valence-electron chi connectivity index (χ3n) is 2.76. The van der Waals surface area contributed by atoms with Crippen molar-refractivity contribution < 1.29 is 13.9 Å². The molecule has 0 atom stereocenters. The summed E-state index contributed by atoms with van der Waals surface area (Å²) in [5, 5.41) is 3.00. The number of nitrogens with zero attached hydrogens (tertiary/aromatic N) is 1. The van der Waals surface area contributed by atoms with Crippen molar-refractivity contribution in [3.8, 4) is 5.75 Å². The van der Waals surface area contributed by atoms with E-state index in [-0.39, 0.29) is 18.1 Å². The van der Waals surface area contributed by atoms with Crippen LogP contribution in [0.4, 0.5) is 4.39 Å². The molecule has 0 fully saturated rings. The number of benzene rings is 1. The number of hydrogen-bond donors (Lipinski definition) is 0. The Bertz CT molecular complexity index is 610. The lowest BCUT2D eigenvalue weighted by atomic mass is 10.1. The van der Waals surface area contributed by atoms with Crippen molar-refractivity contribution in [1.29, 1.82) is 0 Å². The number of aromatic nitrogens is 1. The van der Waals surface area contributed by atoms with Gasteiger partial charge >= 0.3 is 0 Å². The summed E-state index contributed by atoms with van der Waals surface area (Å²) >= 11 is 1.59. The molecule has 0 radical (unpaired) electrons. The quantitative estimate of drug-likeness (QED) is 0.755. The van der Waals surface area contributed by atoms with E-state index in [4.69, 9.17) is 4.74 Å². The van der Waals surface area contributed by atoms with E-state index >= 15 is 0 Å². The average molecular weight is 293 g/mol. The standard InChI is InChI=1S/C15H16FNO2S/c1-3-4-15-17-12(9-20-15)8-19-14-7-11(16)5-6-13(14)10(2)18/h5-7,9H,3-4,8H2,1-2H3. The molecule has 0 saturated carbocycles. The van der Waals surface area contributed by atoms with E-state index in [1.54, 1.807) is 11.3 Å². The first-order chi connectivity index (χ1) is 9.60. The number of ether oxygens (including phenoxy) is 1. The second-order valence-electron chi connectivity index (χ2n) is 4.47. The molecular formula is C15H16FNO2S. The summed E-state index contributed by atoms with van der Waals surface area (Å²) in [6, 6.07) is 3.93. The third kappa shape index (κ3) is 3.63. The van der Waals surface area contributed by atoms with Crippen LogP contribution in [0.15, 0.2) is 23.6 Å². The topological polar surface area (TPSA) is 39.2 Å². The molecule has 0 amide bonds. The fourth-order valence-electron chi connectivity index (χ4n) is 1.80. The van der Waals surface area contributed by atoms with Crippen LogP contribution in [-0.2, 0) is 13.0 Å². The molecular weight excluding hydrogens is 277 g/mol. The van der Waals surface area contributed by atoms with Crippen LogP contribution in [0.25, 0.3) is 0 Å². The predicted molar refractivity (Wildman–Crippen MR) is 76.8 cm³/mol. The summed E-state index contributed by atoms with van der Waals surface area (Å²) in [4.78, 5) is 15.9. The largest absolute Gasteiger partial charge is 0.486 e. The second kappa shape index (κ2) is 6.61. The molecule has 1 aromatic heterocycles. The number of ketones is 1. The molecule has 0 aliphatic carbocycles. The Hall–Kier alpha value is -1.75. The highest BCUT2D eigenvalue weighted by molar-refractivity contribution is 7.09. The number of carbonyl (C=O) groups is 1. The van der Waals surface area contributed by atoms with Gasteiger partial charge in [-0.05, 0) is 31.9 Å². The van der Waals surface area contributed by atoms with E-state index in [1.807, 2.05) is 5.38 Å². The Balaban J connectivity index is 2.09. The van der Waals surface area contributed by atoms with Gasteiger partial charge < -0.3 is 4.74 Å². The smallest absolute Gasteiger partial charge is 0.163 e. The number of carbonyl (C=O) groups excluding carboxylic acids is 1. The molecule has 2 aromatic rings. The first-order valence-electron chi connectivity index (χ1n) is 6.46. The average Bonchev–Trinajstić information content (AvgIpc) is 2.84. The van der Waals surface area contributed by atoms with Gasteiger partial charge in [0.2, 0.25) is 0 Å². The van der Waals surface area contributed by atoms with Crippen LogP contribution in [0.2, 0.25) is 0 Å². The van der Waals surface area contributed by atoms with Crippen LogP contribution in [0.3, 0.4) is 0 Å². The fourth-order valence-corrected chi connectivity index (χ4v) is 2.69. The highest BCUT2D eigenvalue weighted by Crippen LogP contribution is 2.22. The molecule has 0 spiro atoms. The van der Waals surface area contributed by atoms with Gasteiger partial charge in [0.05, 0.1) is 16.3 Å². The van der Waals surface area contributed by atoms with Crippen molar-refractivity contribution in [3.05, 3.63) is 45.7 Å². The lowest BCUT2D eigenvalue weighted by molar-refractivity contribution is 0.101. The highest BCUT2D eigenvalue weighted by Gasteiger charge is 2.11. The normalized spacial score (nSPS) is 10.6. The molecule has 1 heterocycles. The summed E-state index contributed by atoms with van der Waals surface area (Å²) in [7, 11) is 0. The Morgan fingerprint density at radius 1 is 1.45 bits per heavy atom. The van der Waals surface area contributed by atoms with Gasteiger partial charge in [-0.15, -0.1) is 11.3 Å². The summed E-state index contributed by atoms with van der Waals surface area (Å²) in [5.41, 5.74) is 1.19. The van der Waals surface area contributed by atoms with Crippen molar-refractivity contribution in [1.82, 2.24) is 4.98 Å². The van der Waals surface area contributed by atoms with E-state index in [2.05, 4.69) is 11.9 Å². The molecule has 0 N–H and O–H groups in total. The number of aryl methyl sites for hydroxylation is 1. The first-order valence-corrected chi connectivity index (χ1v) is 7.34. The predicted octanol–water partition coefficient (Wildman–Crippen LogP) is 4.02. The number of thiazole rings is 1. The van der Waals surface area contributed by atoms with Crippen molar-refractivity contribution in [2.75, 3.05) is 0 Å². The fraction of sp³-hybridized carbons (Fsp3) is 0.333. The van der Waals surface area contributed by atoms with Gasteiger partial charge in [0, 0.05) is 11.4 Å². The van der Waals surface area contributed by atoms with Gasteiger partial charge in [0.1, 0.15) is 18.2 Å². The molecule has 0 unspecified atom stereocenters. The Kier molecular flexibility index (Phi) is 4.84. The van der Waals surface area contributed by atoms with Crippen LogP contribution in [-0.4, -0.2) is 10.8 Å². The summed E-state index contributed by atoms with van der Waals surface area (Å²) in [5.74, 6) is -0.303. The maximum atomic E-state index is 13.2. The summed E-state index contributed by atoms with van der Waals surface area (Å²) in [6.45, 7) is 3.77. The zero-order valence-corrected chi connectivity index (χ0v) is 12.3. The molecule has 20 heavy (non-hydrogen) atoms. The number of rotatable bonds is 6. The Morgan fingerprint density at radius 2 is 2.25 bits per heavy atom. The zero-order valence-electron chi connectivity index (χ0n) is 11.5. The minimum Gasteiger partial charge on any atom is -0.486 e. The van der Waals surface area contributed by atoms with Gasteiger partial charge in [0.25, 0.3) is 0 Å². The summed E-state index contributed by atoms with van der Waals surface area (Å²) < 4.78 is 18.8. The molecule has 0 aliphatic rings. The third-order valence-corrected chi connectivity index (χ3v) is 3.72. The van der Waals surface area contributed by atoms with Crippen LogP contribution in [0, 0.1) is 5.82 Å². The lowest BCUT2D eigenvalue weighted by Gasteiger charge is -2.08. The van der Waals surface area contributed by atoms with Gasteiger partial charge in [-0.25, -0.2) is 9.37 Å². The Morgan fingerprint density at radius 3 is 2.95 bits per heavy atom. The summed E-state index contributed by atoms with van der Waals surface area (Å²) in [6.07, 6.45) is 2.00. The van der Waals surface area contributed by atoms with Crippen LogP contribution in [0.5, 0.6) is 5.75 Å². The lowest BCUT2D eigenvalue weighted by Crippen LogP contribution is -2.02. The highest BCUT2D eigenvalue weighted by atomic mass is 32.1. The minimum absolute atomic E-state index is 0.148. The van der Waals surface area contributed by atoms with Crippen molar-refractivity contribution >= 4 is 17.1 Å². The van der Waals surface area contributed by atoms with E-state index in [1.165, 1.54) is 25.1 Å². The maximum absolute atomic E-state index is 13.2. The van der Waals surface area contributed by atoms with Gasteiger partial charge in [0.15, 0.2) is 5.78 Å². The van der Waals surface area contributed by atoms with E-state index in [9.17, 15) is 9.18 Å². The monoisotopic (exact) mass is 293 g/mol. The molecule has 106 valence electrons. The zero-order chi connectivity index (χ0) is 14.5. The molecule has 0 aliphatic heterocycles. The number of Topliss-reactive ketones (excluding diaryl/α,β-unsaturated/α-hetero) is 1. The molecule has 0 saturated heterocycles. The Labute approximate surface area is 121 Å². The number of hydrogen-bond acceptors (Lipinski definition) is 4. The molecule has 0 bridgehead atoms. The number of halogens is 1. The van der Waals surface area contributed by atoms with E-state index < -0.39 is 5.82 Å². The first kappa shape index (κ1) is 14.7. The van der Waals surface area contributed by atoms with Crippen LogP contribution >= 0.6 is 11.3 Å². The van der Waals surface area contributed by atoms with Gasteiger partial charge in [-0.1, -0.05) is 6.92 Å². The van der Waals surface area contributed by atoms with Crippen molar-refractivity contribution in [2.24, 2.45) is 0 Å². The minimum atomic E-state index is -0.421. The molecule has 1 aromatic carbocycles. The molecule has 3 nitrogen and oxygen atoms in total. The van der Waals surface area contributed by atoms with Gasteiger partial charge in [-0.3, -0.25) is 4.79 Å². The molecule has 2 rings (SSSR count). The van der Waals surface area contributed by atoms with Crippen molar-refractivity contribution in [2.45, 2.75) is 33.3 Å². The van der Waals surface area contributed by atoms with Crippen LogP contribution < -0.4 is 4.74 Å². The van der Waals surface area contributed by atoms with Crippen LogP contribution in [0.1, 0.15) is 41.3 Å². The maximum Gasteiger partial charge on any atom is 0.163 e. The van der Waals surface area contributed by atoms with E-state index in [0.29, 0.717) is 5.56 Å². The van der Waals surface area contributed by atoms with Gasteiger partial charge in [-0.2, -0.15) is 0 Å². The second-order valence-corrected chi connectivity index (χ2v) is 5.41. The van der Waals surface area contributed by atoms with E-state index in [0.717, 1.165) is 23.5 Å². The molecule has 5 heteroatoms.